The summed E-state index contributed by atoms with van der Waals surface area (Å²) in [6.07, 6.45) is 0. The second-order valence-electron chi connectivity index (χ2n) is 6.53. The van der Waals surface area contributed by atoms with Gasteiger partial charge in [0.05, 0.1) is 18.9 Å². The van der Waals surface area contributed by atoms with Crippen molar-refractivity contribution in [3.8, 4) is 5.75 Å². The van der Waals surface area contributed by atoms with E-state index in [1.54, 1.807) is 35.9 Å². The van der Waals surface area contributed by atoms with Crippen molar-refractivity contribution in [2.75, 3.05) is 18.2 Å². The van der Waals surface area contributed by atoms with Crippen molar-refractivity contribution in [1.82, 2.24) is 20.1 Å². The zero-order valence-electron chi connectivity index (χ0n) is 17.0. The van der Waals surface area contributed by atoms with Crippen LogP contribution in [-0.2, 0) is 11.8 Å². The van der Waals surface area contributed by atoms with Gasteiger partial charge in [-0.25, -0.2) is 0 Å². The molecule has 2 N–H and O–H groups in total. The molecule has 0 bridgehead atoms. The van der Waals surface area contributed by atoms with Crippen LogP contribution in [0.4, 0.5) is 5.69 Å². The number of amides is 2. The predicted molar refractivity (Wildman–Crippen MR) is 116 cm³/mol. The van der Waals surface area contributed by atoms with E-state index in [0.29, 0.717) is 22.3 Å². The number of thioether (sulfide) groups is 1. The topological polar surface area (TPSA) is 98.1 Å². The smallest absolute Gasteiger partial charge is 0.251 e. The normalized spacial score (nSPS) is 11.6. The van der Waals surface area contributed by atoms with Gasteiger partial charge in [-0.05, 0) is 43.3 Å². The fourth-order valence-electron chi connectivity index (χ4n) is 2.76. The highest BCUT2D eigenvalue weighted by Gasteiger charge is 2.19. The fourth-order valence-corrected chi connectivity index (χ4v) is 3.48. The van der Waals surface area contributed by atoms with E-state index in [1.807, 2.05) is 44.3 Å². The highest BCUT2D eigenvalue weighted by atomic mass is 32.2. The first kappa shape index (κ1) is 21.4. The highest BCUT2D eigenvalue weighted by molar-refractivity contribution is 7.99. The third-order valence-electron chi connectivity index (χ3n) is 4.35. The molecule has 0 spiro atoms. The summed E-state index contributed by atoms with van der Waals surface area (Å²) in [6, 6.07) is 15.8. The summed E-state index contributed by atoms with van der Waals surface area (Å²) in [4.78, 5) is 24.6. The van der Waals surface area contributed by atoms with E-state index < -0.39 is 0 Å². The van der Waals surface area contributed by atoms with Crippen LogP contribution in [0, 0.1) is 0 Å². The maximum absolute atomic E-state index is 12.5. The van der Waals surface area contributed by atoms with Crippen LogP contribution in [0.3, 0.4) is 0 Å². The molecule has 3 aromatic rings. The molecule has 0 unspecified atom stereocenters. The molecular weight excluding hydrogens is 402 g/mol. The third-order valence-corrected chi connectivity index (χ3v) is 5.37. The lowest BCUT2D eigenvalue weighted by Gasteiger charge is -2.14. The van der Waals surface area contributed by atoms with Gasteiger partial charge in [-0.3, -0.25) is 9.59 Å². The summed E-state index contributed by atoms with van der Waals surface area (Å²) < 4.78 is 6.88. The summed E-state index contributed by atoms with van der Waals surface area (Å²) in [5.74, 6) is 1.14. The largest absolute Gasteiger partial charge is 0.497 e. The molecule has 2 aromatic carbocycles. The summed E-state index contributed by atoms with van der Waals surface area (Å²) in [7, 11) is 3.38. The van der Waals surface area contributed by atoms with Gasteiger partial charge in [-0.2, -0.15) is 0 Å². The molecule has 1 aromatic heterocycles. The standard InChI is InChI=1S/C21H23N5O3S/c1-14(22-20(28)15-9-11-17(29-3)12-10-15)19-24-25-21(26(19)2)30-13-18(27)23-16-7-5-4-6-8-16/h4-12,14H,13H2,1-3H3,(H,22,28)(H,23,27)/t14-/m0/s1. The Morgan fingerprint density at radius 1 is 1.10 bits per heavy atom. The zero-order chi connectivity index (χ0) is 21.5. The van der Waals surface area contributed by atoms with Gasteiger partial charge in [-0.15, -0.1) is 10.2 Å². The average Bonchev–Trinajstić information content (AvgIpc) is 3.13. The Morgan fingerprint density at radius 2 is 1.80 bits per heavy atom. The molecule has 0 aliphatic rings. The van der Waals surface area contributed by atoms with Crippen LogP contribution in [0.5, 0.6) is 5.75 Å². The van der Waals surface area contributed by atoms with E-state index in [1.165, 1.54) is 11.8 Å². The maximum atomic E-state index is 12.5. The molecule has 0 fully saturated rings. The lowest BCUT2D eigenvalue weighted by Crippen LogP contribution is -2.28. The van der Waals surface area contributed by atoms with Gasteiger partial charge < -0.3 is 19.9 Å². The van der Waals surface area contributed by atoms with E-state index in [4.69, 9.17) is 4.74 Å². The van der Waals surface area contributed by atoms with Gasteiger partial charge in [0.25, 0.3) is 5.91 Å². The van der Waals surface area contributed by atoms with Crippen molar-refractivity contribution >= 4 is 29.3 Å². The number of hydrogen-bond donors (Lipinski definition) is 2. The molecule has 30 heavy (non-hydrogen) atoms. The van der Waals surface area contributed by atoms with Crippen LogP contribution >= 0.6 is 11.8 Å². The number of nitrogens with zero attached hydrogens (tertiary/aromatic N) is 3. The molecule has 156 valence electrons. The Hall–Kier alpha value is -3.33. The van der Waals surface area contributed by atoms with Crippen LogP contribution < -0.4 is 15.4 Å². The Morgan fingerprint density at radius 3 is 2.47 bits per heavy atom. The average molecular weight is 426 g/mol. The highest BCUT2D eigenvalue weighted by Crippen LogP contribution is 2.20. The number of benzene rings is 2. The van der Waals surface area contributed by atoms with Gasteiger partial charge in [0, 0.05) is 18.3 Å². The molecule has 3 rings (SSSR count). The Labute approximate surface area is 179 Å². The first-order valence-electron chi connectivity index (χ1n) is 9.30. The van der Waals surface area contributed by atoms with Crippen LogP contribution in [-0.4, -0.2) is 39.4 Å². The van der Waals surface area contributed by atoms with Crippen molar-refractivity contribution < 1.29 is 14.3 Å². The summed E-state index contributed by atoms with van der Waals surface area (Å²) in [6.45, 7) is 1.84. The van der Waals surface area contributed by atoms with Crippen molar-refractivity contribution in [2.24, 2.45) is 7.05 Å². The third kappa shape index (κ3) is 5.38. The van der Waals surface area contributed by atoms with E-state index in [0.717, 1.165) is 5.69 Å². The number of nitrogens with one attached hydrogen (secondary N) is 2. The number of ether oxygens (including phenoxy) is 1. The summed E-state index contributed by atoms with van der Waals surface area (Å²) in [5, 5.41) is 14.7. The molecule has 0 radical (unpaired) electrons. The van der Waals surface area contributed by atoms with E-state index in [2.05, 4.69) is 20.8 Å². The van der Waals surface area contributed by atoms with E-state index in [-0.39, 0.29) is 23.6 Å². The lowest BCUT2D eigenvalue weighted by atomic mass is 10.2. The summed E-state index contributed by atoms with van der Waals surface area (Å²) in [5.41, 5.74) is 1.27. The molecule has 0 aliphatic carbocycles. The second kappa shape index (κ2) is 9.93. The van der Waals surface area contributed by atoms with E-state index >= 15 is 0 Å². The molecular formula is C21H23N5O3S. The number of hydrogen-bond acceptors (Lipinski definition) is 6. The molecule has 1 heterocycles. The molecule has 9 heteroatoms. The van der Waals surface area contributed by atoms with Gasteiger partial charge in [0.1, 0.15) is 5.75 Å². The second-order valence-corrected chi connectivity index (χ2v) is 7.47. The zero-order valence-corrected chi connectivity index (χ0v) is 17.8. The molecule has 2 amide bonds. The Balaban J connectivity index is 1.56. The van der Waals surface area contributed by atoms with Gasteiger partial charge in [0.15, 0.2) is 11.0 Å². The minimum Gasteiger partial charge on any atom is -0.497 e. The van der Waals surface area contributed by atoms with Gasteiger partial charge in [-0.1, -0.05) is 30.0 Å². The molecule has 0 saturated heterocycles. The van der Waals surface area contributed by atoms with Crippen LogP contribution in [0.2, 0.25) is 0 Å². The Bertz CT molecular complexity index is 1010. The quantitative estimate of drug-likeness (QED) is 0.539. The number of aromatic nitrogens is 3. The number of rotatable bonds is 8. The number of carbonyl (C=O) groups is 2. The lowest BCUT2D eigenvalue weighted by molar-refractivity contribution is -0.113. The van der Waals surface area contributed by atoms with Gasteiger partial charge >= 0.3 is 0 Å². The van der Waals surface area contributed by atoms with Crippen molar-refractivity contribution in [1.29, 1.82) is 0 Å². The monoisotopic (exact) mass is 425 g/mol. The molecule has 1 atom stereocenters. The Kier molecular flexibility index (Phi) is 7.08. The number of anilines is 1. The van der Waals surface area contributed by atoms with Crippen LogP contribution in [0.1, 0.15) is 29.1 Å². The molecule has 0 aliphatic heterocycles. The van der Waals surface area contributed by atoms with Crippen molar-refractivity contribution in [3.05, 3.63) is 66.0 Å². The molecule has 8 nitrogen and oxygen atoms in total. The fraction of sp³-hybridized carbons (Fsp3) is 0.238. The molecule has 0 saturated carbocycles. The van der Waals surface area contributed by atoms with Crippen molar-refractivity contribution in [2.45, 2.75) is 18.1 Å². The summed E-state index contributed by atoms with van der Waals surface area (Å²) >= 11 is 1.28. The maximum Gasteiger partial charge on any atom is 0.251 e. The first-order valence-corrected chi connectivity index (χ1v) is 10.3. The first-order chi connectivity index (χ1) is 14.5. The van der Waals surface area contributed by atoms with Crippen LogP contribution in [0.15, 0.2) is 59.8 Å². The predicted octanol–water partition coefficient (Wildman–Crippen LogP) is 3.05. The van der Waals surface area contributed by atoms with E-state index in [9.17, 15) is 9.59 Å². The number of para-hydroxylation sites is 1. The SMILES string of the molecule is COc1ccc(C(=O)N[C@@H](C)c2nnc(SCC(=O)Nc3ccccc3)n2C)cc1. The van der Waals surface area contributed by atoms with Crippen LogP contribution in [0.25, 0.3) is 0 Å². The van der Waals surface area contributed by atoms with Gasteiger partial charge in [0.2, 0.25) is 5.91 Å². The number of carbonyl (C=O) groups excluding carboxylic acids is 2. The minimum atomic E-state index is -0.357. The van der Waals surface area contributed by atoms with Crippen molar-refractivity contribution in [3.63, 3.8) is 0 Å². The number of methoxy groups -OCH3 is 1. The minimum absolute atomic E-state index is 0.128.